The molecular formula is C19H24N8O2. The zero-order valence-corrected chi connectivity index (χ0v) is 16.3. The molecule has 0 spiro atoms. The first-order valence-electron chi connectivity index (χ1n) is 9.72. The number of carbonyl (C=O) groups is 2. The fourth-order valence-electron chi connectivity index (χ4n) is 3.47. The van der Waals surface area contributed by atoms with Crippen LogP contribution >= 0.6 is 0 Å². The second-order valence-corrected chi connectivity index (χ2v) is 7.08. The van der Waals surface area contributed by atoms with Crippen molar-refractivity contribution in [2.24, 2.45) is 10.7 Å². The fraction of sp³-hybridized carbons (Fsp3) is 0.421. The molecule has 2 amide bonds. The summed E-state index contributed by atoms with van der Waals surface area (Å²) in [5.41, 5.74) is 6.91. The minimum atomic E-state index is -0.498. The number of nitrogens with two attached hydrogens (primary N) is 1. The Morgan fingerprint density at radius 1 is 1.21 bits per heavy atom. The molecule has 2 aromatic heterocycles. The summed E-state index contributed by atoms with van der Waals surface area (Å²) in [4.78, 5) is 37.6. The van der Waals surface area contributed by atoms with Crippen LogP contribution in [0.1, 0.15) is 19.3 Å². The van der Waals surface area contributed by atoms with Crippen LogP contribution in [0.15, 0.2) is 35.1 Å². The van der Waals surface area contributed by atoms with E-state index >= 15 is 0 Å². The summed E-state index contributed by atoms with van der Waals surface area (Å²) in [5, 5.41) is 7.26. The monoisotopic (exact) mass is 396 g/mol. The van der Waals surface area contributed by atoms with Crippen LogP contribution in [0, 0.1) is 0 Å². The predicted octanol–water partition coefficient (Wildman–Crippen LogP) is 0.414. The SMILES string of the molecule is CN=C(C(=O)Nc1ccn2nc(N3CCCC3)nc2c1)C(=CN)C(=O)N1CCC1. The van der Waals surface area contributed by atoms with Crippen molar-refractivity contribution in [1.82, 2.24) is 19.5 Å². The maximum atomic E-state index is 12.8. The van der Waals surface area contributed by atoms with Gasteiger partial charge in [-0.2, -0.15) is 4.98 Å². The molecule has 10 nitrogen and oxygen atoms in total. The van der Waals surface area contributed by atoms with Gasteiger partial charge in [-0.15, -0.1) is 5.10 Å². The smallest absolute Gasteiger partial charge is 0.274 e. The second-order valence-electron chi connectivity index (χ2n) is 7.08. The number of fused-ring (bicyclic) bond motifs is 1. The van der Waals surface area contributed by atoms with Gasteiger partial charge in [0.1, 0.15) is 5.71 Å². The molecule has 0 radical (unpaired) electrons. The molecule has 2 saturated heterocycles. The van der Waals surface area contributed by atoms with E-state index in [-0.39, 0.29) is 17.2 Å². The summed E-state index contributed by atoms with van der Waals surface area (Å²) in [7, 11) is 1.46. The average molecular weight is 396 g/mol. The molecule has 0 saturated carbocycles. The van der Waals surface area contributed by atoms with E-state index in [1.807, 2.05) is 0 Å². The van der Waals surface area contributed by atoms with Gasteiger partial charge in [0.15, 0.2) is 5.65 Å². The Morgan fingerprint density at radius 3 is 2.59 bits per heavy atom. The van der Waals surface area contributed by atoms with Crippen LogP contribution in [-0.4, -0.2) is 70.3 Å². The van der Waals surface area contributed by atoms with Gasteiger partial charge < -0.3 is 20.9 Å². The van der Waals surface area contributed by atoms with E-state index < -0.39 is 5.91 Å². The number of hydrogen-bond donors (Lipinski definition) is 2. The van der Waals surface area contributed by atoms with Gasteiger partial charge >= 0.3 is 0 Å². The first-order chi connectivity index (χ1) is 14.1. The summed E-state index contributed by atoms with van der Waals surface area (Å²) in [6.07, 6.45) is 6.12. The average Bonchev–Trinajstić information content (AvgIpc) is 3.33. The Balaban J connectivity index is 1.51. The summed E-state index contributed by atoms with van der Waals surface area (Å²) in [6, 6.07) is 3.46. The fourth-order valence-corrected chi connectivity index (χ4v) is 3.47. The van der Waals surface area contributed by atoms with Gasteiger partial charge in [-0.25, -0.2) is 4.52 Å². The number of amides is 2. The molecule has 2 fully saturated rings. The number of rotatable bonds is 5. The minimum absolute atomic E-state index is 0.00324. The van der Waals surface area contributed by atoms with Crippen LogP contribution in [-0.2, 0) is 9.59 Å². The Bertz CT molecular complexity index is 999. The van der Waals surface area contributed by atoms with E-state index in [2.05, 4.69) is 25.3 Å². The van der Waals surface area contributed by atoms with Gasteiger partial charge in [-0.05, 0) is 25.3 Å². The molecule has 3 N–H and O–H groups in total. The highest BCUT2D eigenvalue weighted by atomic mass is 16.2. The van der Waals surface area contributed by atoms with Crippen LogP contribution in [0.3, 0.4) is 0 Å². The zero-order valence-electron chi connectivity index (χ0n) is 16.3. The zero-order chi connectivity index (χ0) is 20.4. The number of anilines is 2. The van der Waals surface area contributed by atoms with Crippen molar-refractivity contribution in [3.05, 3.63) is 30.1 Å². The maximum absolute atomic E-state index is 12.8. The number of aromatic nitrogens is 3. The molecular weight excluding hydrogens is 372 g/mol. The molecule has 0 aliphatic carbocycles. The number of nitrogens with one attached hydrogen (secondary N) is 1. The minimum Gasteiger partial charge on any atom is -0.404 e. The van der Waals surface area contributed by atoms with E-state index in [1.54, 1.807) is 27.7 Å². The topological polar surface area (TPSA) is 121 Å². The largest absolute Gasteiger partial charge is 0.404 e. The highest BCUT2D eigenvalue weighted by Crippen LogP contribution is 2.19. The number of nitrogens with zero attached hydrogens (tertiary/aromatic N) is 6. The number of carbonyl (C=O) groups excluding carboxylic acids is 2. The van der Waals surface area contributed by atoms with Gasteiger partial charge in [0.25, 0.3) is 11.8 Å². The lowest BCUT2D eigenvalue weighted by molar-refractivity contribution is -0.130. The van der Waals surface area contributed by atoms with Crippen LogP contribution < -0.4 is 16.0 Å². The van der Waals surface area contributed by atoms with Crippen molar-refractivity contribution in [2.45, 2.75) is 19.3 Å². The highest BCUT2D eigenvalue weighted by Gasteiger charge is 2.29. The van der Waals surface area contributed by atoms with Crippen molar-refractivity contribution < 1.29 is 9.59 Å². The van der Waals surface area contributed by atoms with Crippen LogP contribution in [0.25, 0.3) is 5.65 Å². The lowest BCUT2D eigenvalue weighted by atomic mass is 10.1. The van der Waals surface area contributed by atoms with Crippen molar-refractivity contribution in [2.75, 3.05) is 43.4 Å². The molecule has 152 valence electrons. The van der Waals surface area contributed by atoms with Crippen molar-refractivity contribution >= 4 is 34.8 Å². The van der Waals surface area contributed by atoms with Gasteiger partial charge in [-0.1, -0.05) is 0 Å². The molecule has 29 heavy (non-hydrogen) atoms. The van der Waals surface area contributed by atoms with E-state index in [9.17, 15) is 9.59 Å². The first kappa shape index (κ1) is 18.9. The standard InChI is InChI=1S/C19H24N8O2/c1-21-16(14(12-20)18(29)25-8-4-9-25)17(28)22-13-5-10-27-15(11-13)23-19(24-27)26-6-2-3-7-26/h5,10-12H,2-4,6-9,20H2,1H3,(H,22,28). The third kappa shape index (κ3) is 3.65. The summed E-state index contributed by atoms with van der Waals surface area (Å²) < 4.78 is 1.68. The van der Waals surface area contributed by atoms with Crippen LogP contribution in [0.5, 0.6) is 0 Å². The van der Waals surface area contributed by atoms with Crippen LogP contribution in [0.4, 0.5) is 11.6 Å². The summed E-state index contributed by atoms with van der Waals surface area (Å²) in [6.45, 7) is 3.24. The normalized spacial score (nSPS) is 17.6. The number of pyridine rings is 1. The van der Waals surface area contributed by atoms with Crippen LogP contribution in [0.2, 0.25) is 0 Å². The Hall–Kier alpha value is -3.43. The van der Waals surface area contributed by atoms with Crippen molar-refractivity contribution in [3.8, 4) is 0 Å². The molecule has 10 heteroatoms. The first-order valence-corrected chi connectivity index (χ1v) is 9.72. The van der Waals surface area contributed by atoms with E-state index in [0.717, 1.165) is 38.6 Å². The molecule has 0 bridgehead atoms. The van der Waals surface area contributed by atoms with E-state index in [1.165, 1.54) is 7.05 Å². The number of hydrogen-bond acceptors (Lipinski definition) is 7. The second kappa shape index (κ2) is 7.90. The van der Waals surface area contributed by atoms with Crippen molar-refractivity contribution in [1.29, 1.82) is 0 Å². The molecule has 2 aliphatic heterocycles. The molecule has 2 aliphatic rings. The number of likely N-dealkylation sites (tertiary alicyclic amines) is 1. The van der Waals surface area contributed by atoms with Gasteiger partial charge in [-0.3, -0.25) is 14.6 Å². The third-order valence-electron chi connectivity index (χ3n) is 5.21. The molecule has 0 unspecified atom stereocenters. The molecule has 4 heterocycles. The quantitative estimate of drug-likeness (QED) is 0.558. The van der Waals surface area contributed by atoms with Gasteiger partial charge in [0, 0.05) is 57.4 Å². The molecule has 4 rings (SSSR count). The Morgan fingerprint density at radius 2 is 1.97 bits per heavy atom. The van der Waals surface area contributed by atoms with Gasteiger partial charge in [0.2, 0.25) is 5.95 Å². The lowest BCUT2D eigenvalue weighted by Crippen LogP contribution is -2.45. The van der Waals surface area contributed by atoms with E-state index in [4.69, 9.17) is 5.73 Å². The summed E-state index contributed by atoms with van der Waals surface area (Å²) in [5.74, 6) is -0.0883. The van der Waals surface area contributed by atoms with E-state index in [0.29, 0.717) is 30.4 Å². The highest BCUT2D eigenvalue weighted by molar-refractivity contribution is 6.53. The molecule has 0 aromatic carbocycles. The summed E-state index contributed by atoms with van der Waals surface area (Å²) >= 11 is 0. The van der Waals surface area contributed by atoms with Crippen molar-refractivity contribution in [3.63, 3.8) is 0 Å². The Kier molecular flexibility index (Phi) is 5.15. The lowest BCUT2D eigenvalue weighted by Gasteiger charge is -2.31. The predicted molar refractivity (Wildman–Crippen MR) is 110 cm³/mol. The maximum Gasteiger partial charge on any atom is 0.274 e. The van der Waals surface area contributed by atoms with Gasteiger partial charge in [0.05, 0.1) is 5.57 Å². The third-order valence-corrected chi connectivity index (χ3v) is 5.21. The Labute approximate surface area is 168 Å². The molecule has 0 atom stereocenters. The number of aliphatic imine (C=N–C) groups is 1. The molecule has 2 aromatic rings.